The summed E-state index contributed by atoms with van der Waals surface area (Å²) >= 11 is 12.3. The fourth-order valence-electron chi connectivity index (χ4n) is 3.34. The molecule has 0 aliphatic carbocycles. The quantitative estimate of drug-likeness (QED) is 0.782. The molecule has 4 rings (SSSR count). The Morgan fingerprint density at radius 1 is 1.12 bits per heavy atom. The number of nitrogens with one attached hydrogen (secondary N) is 1. The number of nitrogens with zero attached hydrogens (tertiary/aromatic N) is 1. The van der Waals surface area contributed by atoms with Crippen molar-refractivity contribution in [3.63, 3.8) is 0 Å². The average molecular weight is 391 g/mol. The zero-order valence-electron chi connectivity index (χ0n) is 13.8. The normalized spacial score (nSPS) is 21.2. The molecule has 7 heteroatoms. The number of halogens is 2. The molecule has 2 aromatic rings. The fraction of sp³-hybridized carbons (Fsp3) is 0.263. The summed E-state index contributed by atoms with van der Waals surface area (Å²) in [6, 6.07) is 10.2. The monoisotopic (exact) mass is 390 g/mol. The molecule has 5 nitrogen and oxygen atoms in total. The van der Waals surface area contributed by atoms with E-state index >= 15 is 0 Å². The van der Waals surface area contributed by atoms with Gasteiger partial charge in [-0.3, -0.25) is 9.59 Å². The predicted molar refractivity (Wildman–Crippen MR) is 101 cm³/mol. The van der Waals surface area contributed by atoms with Crippen molar-refractivity contribution in [2.75, 3.05) is 23.3 Å². The second kappa shape index (κ2) is 6.27. The molecule has 2 aromatic carbocycles. The van der Waals surface area contributed by atoms with Gasteiger partial charge in [-0.1, -0.05) is 23.2 Å². The molecular weight excluding hydrogens is 375 g/mol. The topological polar surface area (TPSA) is 69.6 Å². The Labute approximate surface area is 160 Å². The number of amides is 1. The first-order valence-corrected chi connectivity index (χ1v) is 9.06. The van der Waals surface area contributed by atoms with Crippen molar-refractivity contribution in [1.82, 2.24) is 0 Å². The van der Waals surface area contributed by atoms with Gasteiger partial charge in [-0.15, -0.1) is 0 Å². The van der Waals surface area contributed by atoms with Crippen molar-refractivity contribution in [1.29, 1.82) is 0 Å². The highest BCUT2D eigenvalue weighted by Crippen LogP contribution is 2.46. The van der Waals surface area contributed by atoms with Crippen LogP contribution >= 0.6 is 23.2 Å². The van der Waals surface area contributed by atoms with E-state index in [4.69, 9.17) is 23.2 Å². The summed E-state index contributed by atoms with van der Waals surface area (Å²) in [5, 5.41) is 13.9. The van der Waals surface area contributed by atoms with Crippen LogP contribution in [0.1, 0.15) is 28.8 Å². The number of hydrogen-bond donors (Lipinski definition) is 2. The van der Waals surface area contributed by atoms with Gasteiger partial charge in [0.2, 0.25) is 0 Å². The largest absolute Gasteiger partial charge is 0.375 e. The molecule has 1 fully saturated rings. The van der Waals surface area contributed by atoms with Crippen LogP contribution in [0, 0.1) is 0 Å². The second-order valence-electron chi connectivity index (χ2n) is 6.58. The van der Waals surface area contributed by atoms with E-state index in [1.54, 1.807) is 12.1 Å². The third-order valence-corrected chi connectivity index (χ3v) is 5.59. The molecule has 134 valence electrons. The molecule has 2 heterocycles. The molecule has 0 spiro atoms. The predicted octanol–water partition coefficient (Wildman–Crippen LogP) is 3.62. The summed E-state index contributed by atoms with van der Waals surface area (Å²) in [7, 11) is 0. The van der Waals surface area contributed by atoms with Gasteiger partial charge in [0.25, 0.3) is 5.91 Å². The first-order valence-electron chi connectivity index (χ1n) is 8.31. The van der Waals surface area contributed by atoms with Gasteiger partial charge in [0, 0.05) is 34.9 Å². The third kappa shape index (κ3) is 2.67. The van der Waals surface area contributed by atoms with Crippen molar-refractivity contribution in [2.45, 2.75) is 18.4 Å². The minimum Gasteiger partial charge on any atom is -0.375 e. The van der Waals surface area contributed by atoms with Gasteiger partial charge in [0.15, 0.2) is 11.4 Å². The van der Waals surface area contributed by atoms with Crippen LogP contribution in [0.25, 0.3) is 0 Å². The molecule has 2 aliphatic rings. The van der Waals surface area contributed by atoms with Crippen LogP contribution in [0.4, 0.5) is 11.4 Å². The van der Waals surface area contributed by atoms with Gasteiger partial charge >= 0.3 is 0 Å². The zero-order chi connectivity index (χ0) is 18.5. The van der Waals surface area contributed by atoms with Crippen LogP contribution < -0.4 is 10.2 Å². The Bertz CT molecular complexity index is 910. The summed E-state index contributed by atoms with van der Waals surface area (Å²) in [5.41, 5.74) is -0.132. The molecule has 0 saturated carbocycles. The lowest BCUT2D eigenvalue weighted by Gasteiger charge is -2.33. The average Bonchev–Trinajstić information content (AvgIpc) is 2.83. The highest BCUT2D eigenvalue weighted by Gasteiger charge is 2.49. The molecule has 2 N–H and O–H groups in total. The number of aliphatic hydroxyl groups is 1. The van der Waals surface area contributed by atoms with Gasteiger partial charge < -0.3 is 15.3 Å². The van der Waals surface area contributed by atoms with Gasteiger partial charge in [-0.2, -0.15) is 0 Å². The minimum atomic E-state index is -2.04. The van der Waals surface area contributed by atoms with E-state index in [2.05, 4.69) is 10.2 Å². The molecule has 1 saturated heterocycles. The fourth-order valence-corrected chi connectivity index (χ4v) is 3.86. The van der Waals surface area contributed by atoms with E-state index in [1.807, 2.05) is 12.1 Å². The highest BCUT2D eigenvalue weighted by atomic mass is 35.5. The van der Waals surface area contributed by atoms with Crippen molar-refractivity contribution < 1.29 is 14.7 Å². The number of anilines is 2. The molecule has 26 heavy (non-hydrogen) atoms. The molecule has 1 amide bonds. The summed E-state index contributed by atoms with van der Waals surface area (Å²) in [6.45, 7) is 2.03. The molecule has 0 aromatic heterocycles. The number of benzene rings is 2. The van der Waals surface area contributed by atoms with Crippen molar-refractivity contribution in [3.05, 3.63) is 57.6 Å². The number of carbonyl (C=O) groups is 2. The molecule has 2 aliphatic heterocycles. The number of Topliss-reactive ketones (excluding diaryl/α,β-unsaturated/α-hetero) is 1. The molecule has 0 radical (unpaired) electrons. The Hall–Kier alpha value is -2.08. The van der Waals surface area contributed by atoms with Crippen LogP contribution in [-0.4, -0.2) is 29.9 Å². The first-order chi connectivity index (χ1) is 12.4. The number of hydrogen-bond acceptors (Lipinski definition) is 4. The van der Waals surface area contributed by atoms with Crippen LogP contribution in [0.5, 0.6) is 0 Å². The van der Waals surface area contributed by atoms with E-state index < -0.39 is 17.9 Å². The van der Waals surface area contributed by atoms with Crippen LogP contribution in [0.15, 0.2) is 36.4 Å². The van der Waals surface area contributed by atoms with Gasteiger partial charge in [-0.05, 0) is 42.8 Å². The number of rotatable bonds is 4. The molecule has 0 bridgehead atoms. The van der Waals surface area contributed by atoms with E-state index in [0.717, 1.165) is 18.8 Å². The SMILES string of the molecule is O=C(C[C@@]1(O)C(=O)Nc2c(Cl)ccc(Cl)c21)c1ccc(N2CCC2)cc1. The number of carbonyl (C=O) groups excluding carboxylic acids is 2. The lowest BCUT2D eigenvalue weighted by Crippen LogP contribution is -2.37. The Morgan fingerprint density at radius 3 is 2.38 bits per heavy atom. The Morgan fingerprint density at radius 2 is 1.77 bits per heavy atom. The van der Waals surface area contributed by atoms with E-state index in [-0.39, 0.29) is 27.1 Å². The van der Waals surface area contributed by atoms with E-state index in [1.165, 1.54) is 18.6 Å². The molecule has 1 atom stereocenters. The third-order valence-electron chi connectivity index (χ3n) is 4.96. The zero-order valence-corrected chi connectivity index (χ0v) is 15.3. The van der Waals surface area contributed by atoms with E-state index in [0.29, 0.717) is 5.56 Å². The smallest absolute Gasteiger partial charge is 0.261 e. The van der Waals surface area contributed by atoms with Gasteiger partial charge in [0.05, 0.1) is 17.1 Å². The maximum Gasteiger partial charge on any atom is 0.261 e. The van der Waals surface area contributed by atoms with Crippen LogP contribution in [0.2, 0.25) is 10.0 Å². The van der Waals surface area contributed by atoms with Gasteiger partial charge in [-0.25, -0.2) is 0 Å². The van der Waals surface area contributed by atoms with Crippen LogP contribution in [0.3, 0.4) is 0 Å². The summed E-state index contributed by atoms with van der Waals surface area (Å²) in [6.07, 6.45) is 0.764. The lowest BCUT2D eigenvalue weighted by atomic mass is 9.88. The first kappa shape index (κ1) is 17.3. The standard InChI is InChI=1S/C19H16Cl2N2O3/c20-13-6-7-14(21)17-16(13)19(26,18(25)22-17)10-15(24)11-2-4-12(5-3-11)23-8-1-9-23/h2-7,26H,1,8-10H2,(H,22,25)/t19-/m0/s1. The van der Waals surface area contributed by atoms with Gasteiger partial charge in [0.1, 0.15) is 0 Å². The van der Waals surface area contributed by atoms with Crippen molar-refractivity contribution in [3.8, 4) is 0 Å². The Kier molecular flexibility index (Phi) is 4.18. The summed E-state index contributed by atoms with van der Waals surface area (Å²) in [5.74, 6) is -1.05. The Balaban J connectivity index is 1.61. The number of fused-ring (bicyclic) bond motifs is 1. The molecule has 0 unspecified atom stereocenters. The van der Waals surface area contributed by atoms with E-state index in [9.17, 15) is 14.7 Å². The highest BCUT2D eigenvalue weighted by molar-refractivity contribution is 6.38. The molecular formula is C19H16Cl2N2O3. The van der Waals surface area contributed by atoms with Crippen molar-refractivity contribution >= 4 is 46.3 Å². The second-order valence-corrected chi connectivity index (χ2v) is 7.40. The maximum absolute atomic E-state index is 12.7. The van der Waals surface area contributed by atoms with Crippen molar-refractivity contribution in [2.24, 2.45) is 0 Å². The number of ketones is 1. The maximum atomic E-state index is 12.7. The minimum absolute atomic E-state index is 0.155. The summed E-state index contributed by atoms with van der Waals surface area (Å²) in [4.78, 5) is 27.3. The summed E-state index contributed by atoms with van der Waals surface area (Å²) < 4.78 is 0. The lowest BCUT2D eigenvalue weighted by molar-refractivity contribution is -0.133. The van der Waals surface area contributed by atoms with Crippen LogP contribution in [-0.2, 0) is 10.4 Å².